The SMILES string of the molecule is Cl.N=C(N)n1ccc(C(=O)O)n1. The van der Waals surface area contributed by atoms with E-state index in [1.54, 1.807) is 0 Å². The molecule has 4 N–H and O–H groups in total. The van der Waals surface area contributed by atoms with Gasteiger partial charge >= 0.3 is 5.97 Å². The molecule has 0 spiro atoms. The smallest absolute Gasteiger partial charge is 0.356 e. The van der Waals surface area contributed by atoms with Gasteiger partial charge in [-0.25, -0.2) is 9.48 Å². The lowest BCUT2D eigenvalue weighted by Crippen LogP contribution is -2.21. The molecule has 6 nitrogen and oxygen atoms in total. The molecule has 0 aromatic carbocycles. The van der Waals surface area contributed by atoms with E-state index in [-0.39, 0.29) is 24.1 Å². The predicted octanol–water partition coefficient (Wildman–Crippen LogP) is -0.255. The van der Waals surface area contributed by atoms with E-state index in [2.05, 4.69) is 5.10 Å². The Hall–Kier alpha value is -1.56. The van der Waals surface area contributed by atoms with Crippen molar-refractivity contribution >= 4 is 24.3 Å². The second-order valence-corrected chi connectivity index (χ2v) is 1.84. The second kappa shape index (κ2) is 3.72. The van der Waals surface area contributed by atoms with E-state index >= 15 is 0 Å². The Morgan fingerprint density at radius 2 is 2.33 bits per heavy atom. The van der Waals surface area contributed by atoms with Gasteiger partial charge in [0.25, 0.3) is 0 Å². The number of nitrogen functional groups attached to an aromatic ring is 1. The van der Waals surface area contributed by atoms with Crippen molar-refractivity contribution in [2.24, 2.45) is 5.73 Å². The van der Waals surface area contributed by atoms with Crippen LogP contribution in [0.5, 0.6) is 0 Å². The fourth-order valence-corrected chi connectivity index (χ4v) is 0.572. The Balaban J connectivity index is 0.00000121. The average molecular weight is 191 g/mol. The average Bonchev–Trinajstić information content (AvgIpc) is 2.33. The van der Waals surface area contributed by atoms with E-state index < -0.39 is 5.97 Å². The highest BCUT2D eigenvalue weighted by Gasteiger charge is 2.06. The number of nitrogens with one attached hydrogen (secondary N) is 1. The molecule has 1 aromatic rings. The third-order valence-corrected chi connectivity index (χ3v) is 1.06. The van der Waals surface area contributed by atoms with Crippen molar-refractivity contribution in [3.05, 3.63) is 18.0 Å². The molecule has 12 heavy (non-hydrogen) atoms. The van der Waals surface area contributed by atoms with Crippen LogP contribution in [-0.4, -0.2) is 26.8 Å². The molecular formula is C5H7ClN4O2. The second-order valence-electron chi connectivity index (χ2n) is 1.84. The molecule has 0 saturated carbocycles. The van der Waals surface area contributed by atoms with Gasteiger partial charge in [0.05, 0.1) is 0 Å². The van der Waals surface area contributed by atoms with E-state index in [0.29, 0.717) is 0 Å². The molecule has 0 radical (unpaired) electrons. The van der Waals surface area contributed by atoms with Gasteiger partial charge in [0, 0.05) is 6.20 Å². The number of nitrogens with zero attached hydrogens (tertiary/aromatic N) is 2. The normalized spacial score (nSPS) is 8.67. The van der Waals surface area contributed by atoms with Crippen molar-refractivity contribution in [3.63, 3.8) is 0 Å². The van der Waals surface area contributed by atoms with Crippen LogP contribution in [0.4, 0.5) is 0 Å². The first-order chi connectivity index (χ1) is 5.11. The Morgan fingerprint density at radius 3 is 2.58 bits per heavy atom. The fraction of sp³-hybridized carbons (Fsp3) is 0. The van der Waals surface area contributed by atoms with E-state index in [0.717, 1.165) is 4.68 Å². The van der Waals surface area contributed by atoms with Gasteiger partial charge in [-0.1, -0.05) is 0 Å². The Morgan fingerprint density at radius 1 is 1.75 bits per heavy atom. The molecule has 0 aliphatic carbocycles. The Bertz CT molecular complexity index is 280. The monoisotopic (exact) mass is 190 g/mol. The Kier molecular flexibility index (Phi) is 3.24. The van der Waals surface area contributed by atoms with Crippen LogP contribution >= 0.6 is 12.4 Å². The topological polar surface area (TPSA) is 105 Å². The van der Waals surface area contributed by atoms with Crippen LogP contribution in [-0.2, 0) is 0 Å². The van der Waals surface area contributed by atoms with E-state index in [4.69, 9.17) is 16.2 Å². The van der Waals surface area contributed by atoms with Crippen molar-refractivity contribution in [1.82, 2.24) is 9.78 Å². The summed E-state index contributed by atoms with van der Waals surface area (Å²) in [7, 11) is 0. The molecule has 7 heteroatoms. The number of aromatic nitrogens is 2. The molecular weight excluding hydrogens is 184 g/mol. The number of hydrogen-bond donors (Lipinski definition) is 3. The summed E-state index contributed by atoms with van der Waals surface area (Å²) in [4.78, 5) is 10.2. The number of rotatable bonds is 1. The number of carbonyl (C=O) groups is 1. The minimum absolute atomic E-state index is 0. The summed E-state index contributed by atoms with van der Waals surface area (Å²) in [6.07, 6.45) is 1.31. The highest BCUT2D eigenvalue weighted by Crippen LogP contribution is 1.93. The molecule has 0 saturated heterocycles. The van der Waals surface area contributed by atoms with Gasteiger partial charge < -0.3 is 10.8 Å². The van der Waals surface area contributed by atoms with E-state index in [1.165, 1.54) is 12.3 Å². The number of aromatic carboxylic acids is 1. The zero-order chi connectivity index (χ0) is 8.43. The van der Waals surface area contributed by atoms with Crippen LogP contribution in [0.2, 0.25) is 0 Å². The third-order valence-electron chi connectivity index (χ3n) is 1.06. The van der Waals surface area contributed by atoms with Gasteiger partial charge in [0.15, 0.2) is 5.69 Å². The minimum Gasteiger partial charge on any atom is -0.476 e. The third kappa shape index (κ3) is 1.96. The van der Waals surface area contributed by atoms with Crippen LogP contribution in [0.3, 0.4) is 0 Å². The van der Waals surface area contributed by atoms with E-state index in [9.17, 15) is 4.79 Å². The molecule has 0 aliphatic heterocycles. The van der Waals surface area contributed by atoms with Gasteiger partial charge in [-0.3, -0.25) is 5.41 Å². The van der Waals surface area contributed by atoms with Gasteiger partial charge in [-0.15, -0.1) is 12.4 Å². The number of carboxylic acids is 1. The van der Waals surface area contributed by atoms with Gasteiger partial charge in [-0.05, 0) is 6.07 Å². The lowest BCUT2D eigenvalue weighted by atomic mass is 10.5. The first kappa shape index (κ1) is 10.4. The van der Waals surface area contributed by atoms with Crippen LogP contribution in [0.1, 0.15) is 10.5 Å². The summed E-state index contributed by atoms with van der Waals surface area (Å²) in [5, 5.41) is 18.7. The molecule has 1 rings (SSSR count). The Labute approximate surface area is 73.9 Å². The number of nitrogens with two attached hydrogens (primary N) is 1. The van der Waals surface area contributed by atoms with E-state index in [1.807, 2.05) is 0 Å². The molecule has 0 fully saturated rings. The maximum atomic E-state index is 10.2. The number of hydrogen-bond acceptors (Lipinski definition) is 3. The van der Waals surface area contributed by atoms with Crippen molar-refractivity contribution < 1.29 is 9.90 Å². The van der Waals surface area contributed by atoms with Crippen LogP contribution < -0.4 is 5.73 Å². The van der Waals surface area contributed by atoms with Crippen molar-refractivity contribution in [1.29, 1.82) is 5.41 Å². The number of carboxylic acid groups (broad SMARTS) is 1. The van der Waals surface area contributed by atoms with Crippen LogP contribution in [0.25, 0.3) is 0 Å². The van der Waals surface area contributed by atoms with Gasteiger partial charge in [-0.2, -0.15) is 5.10 Å². The van der Waals surface area contributed by atoms with Crippen LogP contribution in [0, 0.1) is 5.41 Å². The molecule has 0 atom stereocenters. The van der Waals surface area contributed by atoms with Gasteiger partial charge in [0.2, 0.25) is 5.96 Å². The van der Waals surface area contributed by atoms with Crippen LogP contribution in [0.15, 0.2) is 12.3 Å². The largest absolute Gasteiger partial charge is 0.476 e. The fourth-order valence-electron chi connectivity index (χ4n) is 0.572. The maximum Gasteiger partial charge on any atom is 0.356 e. The number of halogens is 1. The summed E-state index contributed by atoms with van der Waals surface area (Å²) < 4.78 is 0.976. The summed E-state index contributed by atoms with van der Waals surface area (Å²) in [6.45, 7) is 0. The molecule has 0 amide bonds. The van der Waals surface area contributed by atoms with Crippen molar-refractivity contribution in [2.45, 2.75) is 0 Å². The lowest BCUT2D eigenvalue weighted by Gasteiger charge is -1.92. The van der Waals surface area contributed by atoms with Gasteiger partial charge in [0.1, 0.15) is 0 Å². The molecule has 66 valence electrons. The summed E-state index contributed by atoms with van der Waals surface area (Å²) in [5.74, 6) is -1.44. The quantitative estimate of drug-likeness (QED) is 0.419. The summed E-state index contributed by atoms with van der Waals surface area (Å²) in [6, 6.07) is 1.27. The summed E-state index contributed by atoms with van der Waals surface area (Å²) in [5.41, 5.74) is 4.89. The molecule has 1 aromatic heterocycles. The highest BCUT2D eigenvalue weighted by atomic mass is 35.5. The summed E-state index contributed by atoms with van der Waals surface area (Å²) >= 11 is 0. The first-order valence-corrected chi connectivity index (χ1v) is 2.74. The predicted molar refractivity (Wildman–Crippen MR) is 43.7 cm³/mol. The minimum atomic E-state index is -1.13. The molecule has 0 aliphatic rings. The standard InChI is InChI=1S/C5H6N4O2.ClH/c6-5(7)9-2-1-3(8-9)4(10)11;/h1-2H,(H3,6,7)(H,10,11);1H. The zero-order valence-electron chi connectivity index (χ0n) is 5.89. The zero-order valence-corrected chi connectivity index (χ0v) is 6.71. The van der Waals surface area contributed by atoms with Crippen molar-refractivity contribution in [2.75, 3.05) is 0 Å². The molecule has 0 bridgehead atoms. The van der Waals surface area contributed by atoms with Crippen molar-refractivity contribution in [3.8, 4) is 0 Å². The lowest BCUT2D eigenvalue weighted by molar-refractivity contribution is 0.0690. The molecule has 1 heterocycles. The first-order valence-electron chi connectivity index (χ1n) is 2.74. The highest BCUT2D eigenvalue weighted by molar-refractivity contribution is 5.86. The maximum absolute atomic E-state index is 10.2. The molecule has 0 unspecified atom stereocenters.